The summed E-state index contributed by atoms with van der Waals surface area (Å²) in [5, 5.41) is 12.5. The molecule has 1 aromatic heterocycles. The van der Waals surface area contributed by atoms with E-state index < -0.39 is 0 Å². The number of aromatic amines is 1. The van der Waals surface area contributed by atoms with Crippen LogP contribution < -0.4 is 4.74 Å². The fraction of sp³-hybridized carbons (Fsp3) is 0.100. The lowest BCUT2D eigenvalue weighted by Gasteiger charge is -1.95. The summed E-state index contributed by atoms with van der Waals surface area (Å²) in [5.74, 6) is 0.601. The number of nitrogens with one attached hydrogen (secondary N) is 1. The smallest absolute Gasteiger partial charge is 0.200 e. The largest absolute Gasteiger partial charge is 0.482 e. The van der Waals surface area contributed by atoms with Crippen molar-refractivity contribution in [3.05, 3.63) is 29.8 Å². The fourth-order valence-electron chi connectivity index (χ4n) is 1.49. The number of nitrogens with zero attached hydrogens (tertiary/aromatic N) is 1. The second-order valence-electron chi connectivity index (χ2n) is 2.86. The van der Waals surface area contributed by atoms with Crippen molar-refractivity contribution in [3.63, 3.8) is 0 Å². The van der Waals surface area contributed by atoms with Gasteiger partial charge < -0.3 is 14.9 Å². The number of rotatable bonds is 2. The van der Waals surface area contributed by atoms with Crippen LogP contribution in [-0.2, 0) is 0 Å². The zero-order valence-corrected chi connectivity index (χ0v) is 7.69. The van der Waals surface area contributed by atoms with Gasteiger partial charge >= 0.3 is 0 Å². The molecule has 72 valence electrons. The molecule has 0 atom stereocenters. The van der Waals surface area contributed by atoms with E-state index in [2.05, 4.69) is 10.1 Å². The Hall–Kier alpha value is -1.97. The first-order valence-corrected chi connectivity index (χ1v) is 4.19. The normalized spacial score (nSPS) is 11.2. The molecule has 0 bridgehead atoms. The quantitative estimate of drug-likeness (QED) is 0.432. The predicted octanol–water partition coefficient (Wildman–Crippen LogP) is 1.98. The van der Waals surface area contributed by atoms with Crippen LogP contribution in [0.1, 0.15) is 5.56 Å². The molecule has 0 aliphatic heterocycles. The number of H-pyrrole nitrogens is 1. The van der Waals surface area contributed by atoms with Crippen molar-refractivity contribution in [1.29, 1.82) is 0 Å². The van der Waals surface area contributed by atoms with Crippen LogP contribution in [0.2, 0.25) is 0 Å². The molecule has 0 spiro atoms. The average Bonchev–Trinajstić information content (AvgIpc) is 2.58. The van der Waals surface area contributed by atoms with E-state index in [1.807, 2.05) is 24.3 Å². The van der Waals surface area contributed by atoms with E-state index in [-0.39, 0.29) is 0 Å². The Morgan fingerprint density at radius 3 is 2.93 bits per heavy atom. The Bertz CT molecular complexity index is 474. The molecule has 4 heteroatoms. The molecule has 0 saturated heterocycles. The number of aromatic nitrogens is 1. The van der Waals surface area contributed by atoms with Crippen LogP contribution in [0, 0.1) is 0 Å². The number of hydrogen-bond donors (Lipinski definition) is 2. The van der Waals surface area contributed by atoms with Crippen molar-refractivity contribution in [1.82, 2.24) is 4.98 Å². The van der Waals surface area contributed by atoms with Crippen molar-refractivity contribution >= 4 is 17.1 Å². The summed E-state index contributed by atoms with van der Waals surface area (Å²) in [7, 11) is 1.57. The van der Waals surface area contributed by atoms with Gasteiger partial charge in [-0.25, -0.2) is 0 Å². The van der Waals surface area contributed by atoms with E-state index >= 15 is 0 Å². The molecule has 1 heterocycles. The highest BCUT2D eigenvalue weighted by Crippen LogP contribution is 2.25. The molecule has 0 saturated carbocycles. The molecule has 0 aliphatic rings. The monoisotopic (exact) mass is 190 g/mol. The summed E-state index contributed by atoms with van der Waals surface area (Å²) in [6.45, 7) is 0. The molecule has 0 aliphatic carbocycles. The van der Waals surface area contributed by atoms with Crippen LogP contribution in [0.4, 0.5) is 0 Å². The zero-order valence-electron chi connectivity index (χ0n) is 7.69. The molecule has 2 N–H and O–H groups in total. The maximum absolute atomic E-state index is 8.52. The summed E-state index contributed by atoms with van der Waals surface area (Å²) in [6.07, 6.45) is 1.36. The topological polar surface area (TPSA) is 57.6 Å². The number of ether oxygens (including phenoxy) is 1. The van der Waals surface area contributed by atoms with Gasteiger partial charge in [-0.1, -0.05) is 23.4 Å². The fourth-order valence-corrected chi connectivity index (χ4v) is 1.49. The molecule has 14 heavy (non-hydrogen) atoms. The highest BCUT2D eigenvalue weighted by atomic mass is 16.5. The standard InChI is InChI=1S/C10H10N2O2/c1-14-10-8(6-11-13)7-4-2-3-5-9(7)12-10/h2-6,12-13H,1H3/b11-6-. The summed E-state index contributed by atoms with van der Waals surface area (Å²) in [5.41, 5.74) is 1.71. The first-order valence-electron chi connectivity index (χ1n) is 4.19. The Morgan fingerprint density at radius 2 is 2.21 bits per heavy atom. The SMILES string of the molecule is COc1[nH]c2ccccc2c1/C=N\O. The Morgan fingerprint density at radius 1 is 1.43 bits per heavy atom. The second-order valence-corrected chi connectivity index (χ2v) is 2.86. The first kappa shape index (κ1) is 8.62. The van der Waals surface area contributed by atoms with Gasteiger partial charge in [-0.15, -0.1) is 0 Å². The lowest BCUT2D eigenvalue weighted by molar-refractivity contribution is 0.321. The summed E-state index contributed by atoms with van der Waals surface area (Å²) in [4.78, 5) is 3.07. The molecule has 2 aromatic rings. The van der Waals surface area contributed by atoms with Crippen molar-refractivity contribution < 1.29 is 9.94 Å². The van der Waals surface area contributed by atoms with Gasteiger partial charge in [-0.05, 0) is 6.07 Å². The molecular weight excluding hydrogens is 180 g/mol. The second kappa shape index (κ2) is 3.41. The van der Waals surface area contributed by atoms with Gasteiger partial charge in [0.25, 0.3) is 0 Å². The average molecular weight is 190 g/mol. The highest BCUT2D eigenvalue weighted by Gasteiger charge is 2.08. The third-order valence-corrected chi connectivity index (χ3v) is 2.10. The maximum atomic E-state index is 8.52. The van der Waals surface area contributed by atoms with E-state index in [1.165, 1.54) is 6.21 Å². The molecule has 2 rings (SSSR count). The minimum absolute atomic E-state index is 0.601. The molecule has 1 aromatic carbocycles. The third-order valence-electron chi connectivity index (χ3n) is 2.10. The van der Waals surface area contributed by atoms with Crippen LogP contribution in [0.25, 0.3) is 10.9 Å². The highest BCUT2D eigenvalue weighted by molar-refractivity contribution is 6.01. The van der Waals surface area contributed by atoms with Crippen molar-refractivity contribution in [2.75, 3.05) is 7.11 Å². The van der Waals surface area contributed by atoms with Gasteiger partial charge in [-0.3, -0.25) is 0 Å². The van der Waals surface area contributed by atoms with Crippen LogP contribution in [0.5, 0.6) is 5.88 Å². The summed E-state index contributed by atoms with van der Waals surface area (Å²) >= 11 is 0. The number of hydrogen-bond acceptors (Lipinski definition) is 3. The van der Waals surface area contributed by atoms with E-state index in [4.69, 9.17) is 9.94 Å². The lowest BCUT2D eigenvalue weighted by Crippen LogP contribution is -1.87. The number of fused-ring (bicyclic) bond motifs is 1. The molecule has 0 radical (unpaired) electrons. The number of methoxy groups -OCH3 is 1. The maximum Gasteiger partial charge on any atom is 0.200 e. The van der Waals surface area contributed by atoms with Crippen molar-refractivity contribution in [2.24, 2.45) is 5.16 Å². The van der Waals surface area contributed by atoms with Gasteiger partial charge in [-0.2, -0.15) is 0 Å². The summed E-state index contributed by atoms with van der Waals surface area (Å²) < 4.78 is 5.12. The number of benzene rings is 1. The van der Waals surface area contributed by atoms with E-state index in [0.29, 0.717) is 5.88 Å². The number of oxime groups is 1. The molecular formula is C10H10N2O2. The van der Waals surface area contributed by atoms with Crippen LogP contribution in [-0.4, -0.2) is 23.5 Å². The van der Waals surface area contributed by atoms with E-state index in [1.54, 1.807) is 7.11 Å². The predicted molar refractivity (Wildman–Crippen MR) is 54.2 cm³/mol. The first-order chi connectivity index (χ1) is 6.86. The van der Waals surface area contributed by atoms with Crippen molar-refractivity contribution in [3.8, 4) is 5.88 Å². The molecule has 4 nitrogen and oxygen atoms in total. The third kappa shape index (κ3) is 1.21. The van der Waals surface area contributed by atoms with Crippen LogP contribution >= 0.6 is 0 Å². The minimum atomic E-state index is 0.601. The van der Waals surface area contributed by atoms with Gasteiger partial charge in [0.05, 0.1) is 18.9 Å². The molecule has 0 unspecified atom stereocenters. The zero-order chi connectivity index (χ0) is 9.97. The van der Waals surface area contributed by atoms with Crippen LogP contribution in [0.15, 0.2) is 29.4 Å². The van der Waals surface area contributed by atoms with Gasteiger partial charge in [0.1, 0.15) is 0 Å². The van der Waals surface area contributed by atoms with Gasteiger partial charge in [0, 0.05) is 10.9 Å². The minimum Gasteiger partial charge on any atom is -0.482 e. The Kier molecular flexibility index (Phi) is 2.10. The number of para-hydroxylation sites is 1. The Balaban J connectivity index is 2.74. The van der Waals surface area contributed by atoms with Gasteiger partial charge in [0.2, 0.25) is 5.88 Å². The van der Waals surface area contributed by atoms with Crippen LogP contribution in [0.3, 0.4) is 0 Å². The van der Waals surface area contributed by atoms with Crippen molar-refractivity contribution in [2.45, 2.75) is 0 Å². The summed E-state index contributed by atoms with van der Waals surface area (Å²) in [6, 6.07) is 7.72. The van der Waals surface area contributed by atoms with Gasteiger partial charge in [0.15, 0.2) is 0 Å². The molecule has 0 amide bonds. The molecule has 0 fully saturated rings. The van der Waals surface area contributed by atoms with E-state index in [0.717, 1.165) is 16.5 Å². The Labute approximate surface area is 80.8 Å². The van der Waals surface area contributed by atoms with E-state index in [9.17, 15) is 0 Å². The lowest BCUT2D eigenvalue weighted by atomic mass is 10.2.